The number of aromatic amines is 1. The number of likely N-dealkylation sites (tertiary alicyclic amines) is 1. The van der Waals surface area contributed by atoms with E-state index in [0.717, 1.165) is 57.0 Å². The third kappa shape index (κ3) is 4.02. The number of aromatic nitrogens is 4. The number of piperidine rings is 1. The molecule has 0 unspecified atom stereocenters. The average molecular weight is 384 g/mol. The Balaban J connectivity index is 1.49. The summed E-state index contributed by atoms with van der Waals surface area (Å²) >= 11 is 0. The van der Waals surface area contributed by atoms with Crippen LogP contribution in [0.15, 0.2) is 23.6 Å². The Bertz CT molecular complexity index is 883. The van der Waals surface area contributed by atoms with Gasteiger partial charge in [0, 0.05) is 55.6 Å². The Morgan fingerprint density at radius 3 is 2.93 bits per heavy atom. The van der Waals surface area contributed by atoms with Crippen LogP contribution in [0.5, 0.6) is 0 Å². The Labute approximate surface area is 164 Å². The molecule has 150 valence electrons. The number of nitrogens with zero attached hydrogens (tertiary/aromatic N) is 5. The fourth-order valence-corrected chi connectivity index (χ4v) is 4.08. The van der Waals surface area contributed by atoms with Crippen LogP contribution >= 0.6 is 0 Å². The lowest BCUT2D eigenvalue weighted by atomic mass is 9.94. The molecule has 0 bridgehead atoms. The van der Waals surface area contributed by atoms with Gasteiger partial charge in [-0.15, -0.1) is 0 Å². The SMILES string of the molecule is C=Cn1ncc(CN2CCC[C@@H](c3cc(=O)[nH]c(N4CCOCC4)n3)C2)c1C. The van der Waals surface area contributed by atoms with Crippen LogP contribution in [0.25, 0.3) is 6.20 Å². The van der Waals surface area contributed by atoms with Crippen LogP contribution in [0.1, 0.15) is 35.7 Å². The molecular formula is C20H28N6O2. The van der Waals surface area contributed by atoms with Gasteiger partial charge in [0.25, 0.3) is 5.56 Å². The van der Waals surface area contributed by atoms with Crippen LogP contribution in [0.3, 0.4) is 0 Å². The van der Waals surface area contributed by atoms with E-state index in [-0.39, 0.29) is 11.5 Å². The highest BCUT2D eigenvalue weighted by molar-refractivity contribution is 5.32. The van der Waals surface area contributed by atoms with E-state index in [0.29, 0.717) is 19.2 Å². The summed E-state index contributed by atoms with van der Waals surface area (Å²) in [5, 5.41) is 4.35. The maximum Gasteiger partial charge on any atom is 0.252 e. The van der Waals surface area contributed by atoms with Crippen molar-refractivity contribution in [2.24, 2.45) is 0 Å². The molecule has 8 heteroatoms. The first-order valence-corrected chi connectivity index (χ1v) is 9.96. The van der Waals surface area contributed by atoms with Crippen LogP contribution in [0.4, 0.5) is 5.95 Å². The van der Waals surface area contributed by atoms with E-state index >= 15 is 0 Å². The molecule has 0 aliphatic carbocycles. The summed E-state index contributed by atoms with van der Waals surface area (Å²) in [7, 11) is 0. The quantitative estimate of drug-likeness (QED) is 0.843. The molecule has 0 saturated carbocycles. The molecule has 2 aromatic heterocycles. The van der Waals surface area contributed by atoms with Gasteiger partial charge in [0.05, 0.1) is 25.1 Å². The molecule has 2 aliphatic rings. The summed E-state index contributed by atoms with van der Waals surface area (Å²) in [6, 6.07) is 1.67. The second-order valence-corrected chi connectivity index (χ2v) is 7.55. The zero-order chi connectivity index (χ0) is 19.5. The van der Waals surface area contributed by atoms with Gasteiger partial charge in [0.2, 0.25) is 5.95 Å². The topological polar surface area (TPSA) is 79.3 Å². The zero-order valence-corrected chi connectivity index (χ0v) is 16.4. The van der Waals surface area contributed by atoms with Crippen molar-refractivity contribution in [2.45, 2.75) is 32.2 Å². The van der Waals surface area contributed by atoms with Crippen LogP contribution < -0.4 is 10.5 Å². The molecule has 4 rings (SSSR count). The van der Waals surface area contributed by atoms with Crippen LogP contribution in [0.2, 0.25) is 0 Å². The number of rotatable bonds is 5. The Morgan fingerprint density at radius 1 is 1.36 bits per heavy atom. The van der Waals surface area contributed by atoms with Crippen molar-refractivity contribution in [1.82, 2.24) is 24.6 Å². The Kier molecular flexibility index (Phi) is 5.59. The van der Waals surface area contributed by atoms with Crippen LogP contribution in [0, 0.1) is 6.92 Å². The maximum absolute atomic E-state index is 12.3. The molecule has 2 aliphatic heterocycles. The minimum Gasteiger partial charge on any atom is -0.378 e. The first kappa shape index (κ1) is 18.9. The zero-order valence-electron chi connectivity index (χ0n) is 16.4. The van der Waals surface area contributed by atoms with Gasteiger partial charge < -0.3 is 9.64 Å². The second-order valence-electron chi connectivity index (χ2n) is 7.55. The highest BCUT2D eigenvalue weighted by Crippen LogP contribution is 2.27. The molecule has 4 heterocycles. The molecule has 2 saturated heterocycles. The molecule has 0 spiro atoms. The standard InChI is InChI=1S/C20H28N6O2/c1-3-26-15(2)17(12-21-26)14-24-6-4-5-16(13-24)18-11-19(27)23-20(22-18)25-7-9-28-10-8-25/h3,11-12,16H,1,4-10,13-14H2,2H3,(H,22,23,27)/t16-/m1/s1. The summed E-state index contributed by atoms with van der Waals surface area (Å²) in [5.74, 6) is 0.941. The molecule has 1 atom stereocenters. The predicted octanol–water partition coefficient (Wildman–Crippen LogP) is 1.59. The molecule has 2 aromatic rings. The minimum absolute atomic E-state index is 0.0771. The summed E-state index contributed by atoms with van der Waals surface area (Å²) < 4.78 is 7.22. The van der Waals surface area contributed by atoms with Gasteiger partial charge in [0.15, 0.2) is 0 Å². The van der Waals surface area contributed by atoms with Gasteiger partial charge in [-0.1, -0.05) is 6.58 Å². The van der Waals surface area contributed by atoms with E-state index in [1.807, 2.05) is 10.9 Å². The van der Waals surface area contributed by atoms with Crippen molar-refractivity contribution in [1.29, 1.82) is 0 Å². The summed E-state index contributed by atoms with van der Waals surface area (Å²) in [6.45, 7) is 11.5. The molecule has 1 N–H and O–H groups in total. The van der Waals surface area contributed by atoms with Gasteiger partial charge in [0.1, 0.15) is 0 Å². The molecule has 2 fully saturated rings. The van der Waals surface area contributed by atoms with Crippen molar-refractivity contribution in [3.05, 3.63) is 46.1 Å². The van der Waals surface area contributed by atoms with Crippen molar-refractivity contribution < 1.29 is 4.74 Å². The number of anilines is 1. The molecule has 0 radical (unpaired) electrons. The van der Waals surface area contributed by atoms with Crippen molar-refractivity contribution in [2.75, 3.05) is 44.3 Å². The Morgan fingerprint density at radius 2 is 2.18 bits per heavy atom. The Hall–Kier alpha value is -2.45. The third-order valence-corrected chi connectivity index (χ3v) is 5.70. The molecule has 8 nitrogen and oxygen atoms in total. The molecule has 0 aromatic carbocycles. The third-order valence-electron chi connectivity index (χ3n) is 5.70. The number of H-pyrrole nitrogens is 1. The highest BCUT2D eigenvalue weighted by Gasteiger charge is 2.25. The number of hydrogen-bond acceptors (Lipinski definition) is 6. The summed E-state index contributed by atoms with van der Waals surface area (Å²) in [4.78, 5) is 24.5. The highest BCUT2D eigenvalue weighted by atomic mass is 16.5. The van der Waals surface area contributed by atoms with Crippen LogP contribution in [-0.2, 0) is 11.3 Å². The molecular weight excluding hydrogens is 356 g/mol. The van der Waals surface area contributed by atoms with E-state index in [2.05, 4.69) is 33.4 Å². The lowest BCUT2D eigenvalue weighted by Crippen LogP contribution is -2.39. The monoisotopic (exact) mass is 384 g/mol. The van der Waals surface area contributed by atoms with Crippen molar-refractivity contribution >= 4 is 12.1 Å². The first-order valence-electron chi connectivity index (χ1n) is 9.96. The number of hydrogen-bond donors (Lipinski definition) is 1. The number of nitrogens with one attached hydrogen (secondary N) is 1. The smallest absolute Gasteiger partial charge is 0.252 e. The predicted molar refractivity (Wildman–Crippen MR) is 108 cm³/mol. The van der Waals surface area contributed by atoms with E-state index in [1.165, 1.54) is 5.56 Å². The van der Waals surface area contributed by atoms with Gasteiger partial charge in [-0.3, -0.25) is 14.7 Å². The van der Waals surface area contributed by atoms with Crippen LogP contribution in [-0.4, -0.2) is 64.0 Å². The van der Waals surface area contributed by atoms with E-state index in [4.69, 9.17) is 9.72 Å². The van der Waals surface area contributed by atoms with Gasteiger partial charge in [-0.25, -0.2) is 9.67 Å². The minimum atomic E-state index is -0.0771. The summed E-state index contributed by atoms with van der Waals surface area (Å²) in [6.07, 6.45) is 5.80. The average Bonchev–Trinajstić information content (AvgIpc) is 3.08. The van der Waals surface area contributed by atoms with Crippen molar-refractivity contribution in [3.8, 4) is 0 Å². The first-order chi connectivity index (χ1) is 13.6. The van der Waals surface area contributed by atoms with E-state index < -0.39 is 0 Å². The second kappa shape index (κ2) is 8.28. The fraction of sp³-hybridized carbons (Fsp3) is 0.550. The van der Waals surface area contributed by atoms with E-state index in [1.54, 1.807) is 12.3 Å². The van der Waals surface area contributed by atoms with Gasteiger partial charge >= 0.3 is 0 Å². The normalized spacial score (nSPS) is 21.0. The fourth-order valence-electron chi connectivity index (χ4n) is 4.08. The van der Waals surface area contributed by atoms with E-state index in [9.17, 15) is 4.79 Å². The largest absolute Gasteiger partial charge is 0.378 e. The molecule has 0 amide bonds. The lowest BCUT2D eigenvalue weighted by molar-refractivity contribution is 0.122. The maximum atomic E-state index is 12.3. The van der Waals surface area contributed by atoms with Gasteiger partial charge in [-0.2, -0.15) is 5.10 Å². The summed E-state index contributed by atoms with van der Waals surface area (Å²) in [5.41, 5.74) is 3.16. The number of ether oxygens (including phenoxy) is 1. The lowest BCUT2D eigenvalue weighted by Gasteiger charge is -2.33. The van der Waals surface area contributed by atoms with Gasteiger partial charge in [-0.05, 0) is 26.3 Å². The molecule has 28 heavy (non-hydrogen) atoms. The number of morpholine rings is 1. The van der Waals surface area contributed by atoms with Crippen molar-refractivity contribution in [3.63, 3.8) is 0 Å².